The predicted molar refractivity (Wildman–Crippen MR) is 80.6 cm³/mol. The van der Waals surface area contributed by atoms with Crippen molar-refractivity contribution in [3.63, 3.8) is 0 Å². The summed E-state index contributed by atoms with van der Waals surface area (Å²) < 4.78 is 1.67. The number of anilines is 1. The van der Waals surface area contributed by atoms with Crippen LogP contribution >= 0.6 is 0 Å². The normalized spacial score (nSPS) is 27.9. The van der Waals surface area contributed by atoms with Crippen LogP contribution in [0.15, 0.2) is 0 Å². The number of hydrogen-bond acceptors (Lipinski definition) is 5. The van der Waals surface area contributed by atoms with Crippen molar-refractivity contribution in [2.24, 2.45) is 7.05 Å². The highest BCUT2D eigenvalue weighted by molar-refractivity contribution is 5.62. The molecular weight excluding hydrogens is 270 g/mol. The summed E-state index contributed by atoms with van der Waals surface area (Å²) in [6.45, 7) is 4.54. The molecule has 0 aromatic carbocycles. The molecule has 21 heavy (non-hydrogen) atoms. The van der Waals surface area contributed by atoms with Gasteiger partial charge in [-0.25, -0.2) is 4.68 Å². The van der Waals surface area contributed by atoms with Gasteiger partial charge in [0.1, 0.15) is 5.69 Å². The Kier molecular flexibility index (Phi) is 3.61. The van der Waals surface area contributed by atoms with E-state index in [0.717, 1.165) is 19.4 Å². The first kappa shape index (κ1) is 14.3. The number of rotatable bonds is 4. The molecule has 3 rings (SSSR count). The molecule has 2 aliphatic rings. The van der Waals surface area contributed by atoms with E-state index in [1.54, 1.807) is 18.7 Å². The molecular formula is C14H23N5O2. The molecule has 0 spiro atoms. The Morgan fingerprint density at radius 2 is 2.05 bits per heavy atom. The van der Waals surface area contributed by atoms with Crippen LogP contribution in [-0.4, -0.2) is 39.4 Å². The molecule has 0 aliphatic carbocycles. The number of aryl methyl sites for hydroxylation is 2. The summed E-state index contributed by atoms with van der Waals surface area (Å²) in [5.41, 5.74) is 0.651. The summed E-state index contributed by atoms with van der Waals surface area (Å²) >= 11 is 0. The molecule has 1 aromatic rings. The van der Waals surface area contributed by atoms with Crippen LogP contribution in [0.1, 0.15) is 38.3 Å². The fraction of sp³-hybridized carbons (Fsp3) is 0.786. The summed E-state index contributed by atoms with van der Waals surface area (Å²) in [5.74, 6) is 0.659. The van der Waals surface area contributed by atoms with E-state index >= 15 is 0 Å². The minimum absolute atomic E-state index is 0.158. The maximum atomic E-state index is 11.4. The van der Waals surface area contributed by atoms with Crippen molar-refractivity contribution in [1.82, 2.24) is 15.1 Å². The summed E-state index contributed by atoms with van der Waals surface area (Å²) in [7, 11) is 1.80. The molecule has 1 aromatic heterocycles. The van der Waals surface area contributed by atoms with Crippen LogP contribution in [-0.2, 0) is 7.05 Å². The van der Waals surface area contributed by atoms with Gasteiger partial charge < -0.3 is 10.2 Å². The van der Waals surface area contributed by atoms with Crippen LogP contribution in [0.4, 0.5) is 11.5 Å². The third-order valence-electron chi connectivity index (χ3n) is 4.85. The average molecular weight is 293 g/mol. The van der Waals surface area contributed by atoms with Gasteiger partial charge in [0.05, 0.1) is 4.92 Å². The number of nitrogens with one attached hydrogen (secondary N) is 1. The Balaban J connectivity index is 1.95. The maximum absolute atomic E-state index is 11.4. The minimum Gasteiger partial charge on any atom is -0.348 e. The molecule has 2 aliphatic heterocycles. The van der Waals surface area contributed by atoms with E-state index in [4.69, 9.17) is 0 Å². The van der Waals surface area contributed by atoms with Crippen LogP contribution in [0.3, 0.4) is 0 Å². The van der Waals surface area contributed by atoms with Gasteiger partial charge in [0, 0.05) is 31.7 Å². The zero-order valence-corrected chi connectivity index (χ0v) is 12.9. The molecule has 2 bridgehead atoms. The summed E-state index contributed by atoms with van der Waals surface area (Å²) in [4.78, 5) is 13.3. The maximum Gasteiger partial charge on any atom is 0.333 e. The third kappa shape index (κ3) is 2.39. The molecule has 3 heterocycles. The fourth-order valence-corrected chi connectivity index (χ4v) is 4.03. The standard InChI is InChI=1S/C14H23N5O2/c1-4-18(12-7-10-5-6-11(8-12)15-10)14-13(19(20)21)9(2)16-17(14)3/h10-12,15H,4-8H2,1-3H3. The Morgan fingerprint density at radius 1 is 1.43 bits per heavy atom. The van der Waals surface area contributed by atoms with Crippen LogP contribution in [0.5, 0.6) is 0 Å². The molecule has 0 saturated carbocycles. The van der Waals surface area contributed by atoms with E-state index in [9.17, 15) is 10.1 Å². The van der Waals surface area contributed by atoms with Gasteiger partial charge in [0.25, 0.3) is 0 Å². The number of aromatic nitrogens is 2. The molecule has 2 unspecified atom stereocenters. The smallest absolute Gasteiger partial charge is 0.333 e. The van der Waals surface area contributed by atoms with Gasteiger partial charge in [-0.05, 0) is 39.5 Å². The van der Waals surface area contributed by atoms with E-state index in [1.807, 2.05) is 0 Å². The molecule has 7 nitrogen and oxygen atoms in total. The number of piperidine rings is 1. The lowest BCUT2D eigenvalue weighted by Gasteiger charge is -2.37. The zero-order valence-electron chi connectivity index (χ0n) is 12.9. The second-order valence-electron chi connectivity index (χ2n) is 6.19. The van der Waals surface area contributed by atoms with Gasteiger partial charge in [-0.2, -0.15) is 5.10 Å². The van der Waals surface area contributed by atoms with E-state index in [2.05, 4.69) is 22.2 Å². The van der Waals surface area contributed by atoms with E-state index in [0.29, 0.717) is 29.6 Å². The highest BCUT2D eigenvalue weighted by Gasteiger charge is 2.39. The van der Waals surface area contributed by atoms with Crippen molar-refractivity contribution >= 4 is 11.5 Å². The van der Waals surface area contributed by atoms with Gasteiger partial charge in [-0.3, -0.25) is 10.1 Å². The molecule has 0 radical (unpaired) electrons. The van der Waals surface area contributed by atoms with E-state index in [1.165, 1.54) is 12.8 Å². The van der Waals surface area contributed by atoms with Gasteiger partial charge in [0.2, 0.25) is 5.82 Å². The van der Waals surface area contributed by atoms with Crippen molar-refractivity contribution in [1.29, 1.82) is 0 Å². The monoisotopic (exact) mass is 293 g/mol. The lowest BCUT2D eigenvalue weighted by molar-refractivity contribution is -0.384. The Morgan fingerprint density at radius 3 is 2.57 bits per heavy atom. The second-order valence-corrected chi connectivity index (χ2v) is 6.19. The first-order valence-electron chi connectivity index (χ1n) is 7.72. The van der Waals surface area contributed by atoms with Crippen molar-refractivity contribution in [2.45, 2.75) is 57.7 Å². The van der Waals surface area contributed by atoms with Crippen LogP contribution in [0, 0.1) is 17.0 Å². The van der Waals surface area contributed by atoms with Crippen molar-refractivity contribution in [3.05, 3.63) is 15.8 Å². The number of nitrogens with zero attached hydrogens (tertiary/aromatic N) is 4. The van der Waals surface area contributed by atoms with Crippen molar-refractivity contribution < 1.29 is 4.92 Å². The lowest BCUT2D eigenvalue weighted by Crippen LogP contribution is -2.49. The molecule has 2 atom stereocenters. The lowest BCUT2D eigenvalue weighted by atomic mass is 9.98. The largest absolute Gasteiger partial charge is 0.348 e. The molecule has 0 amide bonds. The van der Waals surface area contributed by atoms with Crippen LogP contribution < -0.4 is 10.2 Å². The molecule has 2 saturated heterocycles. The Hall–Kier alpha value is -1.63. The fourth-order valence-electron chi connectivity index (χ4n) is 4.03. The zero-order chi connectivity index (χ0) is 15.1. The molecule has 116 valence electrons. The molecule has 2 fully saturated rings. The van der Waals surface area contributed by atoms with Crippen molar-refractivity contribution in [3.8, 4) is 0 Å². The topological polar surface area (TPSA) is 76.2 Å². The predicted octanol–water partition coefficient (Wildman–Crippen LogP) is 1.75. The number of nitro groups is 1. The second kappa shape index (κ2) is 5.29. The minimum atomic E-state index is -0.296. The third-order valence-corrected chi connectivity index (χ3v) is 4.85. The van der Waals surface area contributed by atoms with Gasteiger partial charge >= 0.3 is 5.69 Å². The molecule has 1 N–H and O–H groups in total. The van der Waals surface area contributed by atoms with Gasteiger partial charge in [-0.15, -0.1) is 0 Å². The summed E-state index contributed by atoms with van der Waals surface area (Å²) in [6.07, 6.45) is 4.58. The van der Waals surface area contributed by atoms with Gasteiger partial charge in [-0.1, -0.05) is 0 Å². The van der Waals surface area contributed by atoms with Crippen LogP contribution in [0.2, 0.25) is 0 Å². The van der Waals surface area contributed by atoms with E-state index in [-0.39, 0.29) is 10.6 Å². The highest BCUT2D eigenvalue weighted by Crippen LogP contribution is 2.37. The highest BCUT2D eigenvalue weighted by atomic mass is 16.6. The van der Waals surface area contributed by atoms with Crippen molar-refractivity contribution in [2.75, 3.05) is 11.4 Å². The Bertz CT molecular complexity index is 544. The SMILES string of the molecule is CCN(c1c([N+](=O)[O-])c(C)nn1C)C1CC2CCC(C1)N2. The quantitative estimate of drug-likeness (QED) is 0.676. The van der Waals surface area contributed by atoms with Gasteiger partial charge in [0.15, 0.2) is 0 Å². The number of fused-ring (bicyclic) bond motifs is 2. The first-order valence-corrected chi connectivity index (χ1v) is 7.72. The average Bonchev–Trinajstić information content (AvgIpc) is 2.90. The Labute approximate surface area is 124 Å². The number of hydrogen-bond donors (Lipinski definition) is 1. The first-order chi connectivity index (χ1) is 10.0. The summed E-state index contributed by atoms with van der Waals surface area (Å²) in [6, 6.07) is 1.50. The van der Waals surface area contributed by atoms with E-state index < -0.39 is 0 Å². The summed E-state index contributed by atoms with van der Waals surface area (Å²) in [5, 5.41) is 19.3. The van der Waals surface area contributed by atoms with Crippen LogP contribution in [0.25, 0.3) is 0 Å². The molecule has 7 heteroatoms.